The summed E-state index contributed by atoms with van der Waals surface area (Å²) in [5, 5.41) is 12.1. The van der Waals surface area contributed by atoms with Crippen molar-refractivity contribution in [1.29, 1.82) is 0 Å². The summed E-state index contributed by atoms with van der Waals surface area (Å²) in [6.07, 6.45) is 0.465. The molecule has 0 aliphatic heterocycles. The quantitative estimate of drug-likeness (QED) is 0.739. The molecule has 1 aromatic heterocycles. The van der Waals surface area contributed by atoms with E-state index in [1.807, 2.05) is 24.3 Å². The third-order valence-electron chi connectivity index (χ3n) is 2.72. The summed E-state index contributed by atoms with van der Waals surface area (Å²) in [5.41, 5.74) is 1.33. The standard InChI is InChI=1S/C13H13BrN2O3/c14-11-8-4-1-2-5-9(8)16-12(11)13(19)15-7-3-6-10(17)18/h1-2,4-5,16H,3,6-7H2,(H,15,19)(H,17,18). The van der Waals surface area contributed by atoms with Crippen molar-refractivity contribution in [3.8, 4) is 0 Å². The lowest BCUT2D eigenvalue weighted by molar-refractivity contribution is -0.137. The molecule has 19 heavy (non-hydrogen) atoms. The summed E-state index contributed by atoms with van der Waals surface area (Å²) >= 11 is 3.40. The Labute approximate surface area is 118 Å². The van der Waals surface area contributed by atoms with Crippen molar-refractivity contribution in [2.45, 2.75) is 12.8 Å². The Balaban J connectivity index is 2.05. The van der Waals surface area contributed by atoms with Crippen LogP contribution in [0.5, 0.6) is 0 Å². The van der Waals surface area contributed by atoms with Crippen LogP contribution in [0, 0.1) is 0 Å². The van der Waals surface area contributed by atoms with Crippen molar-refractivity contribution in [1.82, 2.24) is 10.3 Å². The number of benzene rings is 1. The van der Waals surface area contributed by atoms with E-state index in [1.54, 1.807) is 0 Å². The number of halogens is 1. The molecule has 1 amide bonds. The lowest BCUT2D eigenvalue weighted by Crippen LogP contribution is -2.25. The number of carboxylic acids is 1. The molecule has 1 heterocycles. The van der Waals surface area contributed by atoms with E-state index in [2.05, 4.69) is 26.2 Å². The second kappa shape index (κ2) is 5.88. The van der Waals surface area contributed by atoms with E-state index in [0.29, 0.717) is 18.7 Å². The molecule has 0 atom stereocenters. The summed E-state index contributed by atoms with van der Waals surface area (Å²) in [7, 11) is 0. The number of aromatic nitrogens is 1. The average Bonchev–Trinajstić information content (AvgIpc) is 2.72. The van der Waals surface area contributed by atoms with E-state index < -0.39 is 5.97 Å². The van der Waals surface area contributed by atoms with Gasteiger partial charge in [0.2, 0.25) is 0 Å². The number of para-hydroxylation sites is 1. The first-order valence-corrected chi connectivity index (χ1v) is 6.65. The van der Waals surface area contributed by atoms with Crippen LogP contribution in [0.4, 0.5) is 0 Å². The van der Waals surface area contributed by atoms with E-state index in [-0.39, 0.29) is 12.3 Å². The minimum atomic E-state index is -0.860. The Morgan fingerprint density at radius 2 is 2.05 bits per heavy atom. The summed E-state index contributed by atoms with van der Waals surface area (Å²) in [4.78, 5) is 25.4. The van der Waals surface area contributed by atoms with Gasteiger partial charge in [0.15, 0.2) is 0 Å². The Bertz CT molecular complexity index is 621. The molecule has 0 aliphatic rings. The topological polar surface area (TPSA) is 82.2 Å². The van der Waals surface area contributed by atoms with Crippen LogP contribution in [0.1, 0.15) is 23.3 Å². The van der Waals surface area contributed by atoms with Crippen LogP contribution in [0.2, 0.25) is 0 Å². The van der Waals surface area contributed by atoms with Gasteiger partial charge in [-0.3, -0.25) is 9.59 Å². The summed E-state index contributed by atoms with van der Waals surface area (Å²) in [5.74, 6) is -1.10. The third kappa shape index (κ3) is 3.14. The second-order valence-corrected chi connectivity index (χ2v) is 4.91. The van der Waals surface area contributed by atoms with Crippen LogP contribution in [-0.4, -0.2) is 28.5 Å². The number of amides is 1. The zero-order chi connectivity index (χ0) is 13.8. The first-order chi connectivity index (χ1) is 9.09. The van der Waals surface area contributed by atoms with Gasteiger partial charge in [-0.15, -0.1) is 0 Å². The van der Waals surface area contributed by atoms with E-state index in [1.165, 1.54) is 0 Å². The fourth-order valence-corrected chi connectivity index (χ4v) is 2.42. The number of aliphatic carboxylic acids is 1. The maximum absolute atomic E-state index is 12.0. The normalized spacial score (nSPS) is 10.6. The molecule has 0 bridgehead atoms. The molecule has 5 nitrogen and oxygen atoms in total. The van der Waals surface area contributed by atoms with Gasteiger partial charge < -0.3 is 15.4 Å². The molecule has 0 spiro atoms. The number of carboxylic acid groups (broad SMARTS) is 1. The SMILES string of the molecule is O=C(O)CCCNC(=O)c1[nH]c2ccccc2c1Br. The van der Waals surface area contributed by atoms with Gasteiger partial charge in [0.25, 0.3) is 5.91 Å². The van der Waals surface area contributed by atoms with E-state index in [9.17, 15) is 9.59 Å². The Morgan fingerprint density at radius 3 is 2.74 bits per heavy atom. The highest BCUT2D eigenvalue weighted by molar-refractivity contribution is 9.10. The van der Waals surface area contributed by atoms with Crippen molar-refractivity contribution in [2.75, 3.05) is 6.54 Å². The van der Waals surface area contributed by atoms with Gasteiger partial charge in [-0.25, -0.2) is 0 Å². The number of fused-ring (bicyclic) bond motifs is 1. The van der Waals surface area contributed by atoms with Gasteiger partial charge in [0.1, 0.15) is 5.69 Å². The number of nitrogens with one attached hydrogen (secondary N) is 2. The van der Waals surface area contributed by atoms with Crippen LogP contribution in [0.25, 0.3) is 10.9 Å². The Morgan fingerprint density at radius 1 is 1.32 bits per heavy atom. The van der Waals surface area contributed by atoms with Crippen molar-refractivity contribution in [2.24, 2.45) is 0 Å². The van der Waals surface area contributed by atoms with E-state index in [4.69, 9.17) is 5.11 Å². The van der Waals surface area contributed by atoms with Gasteiger partial charge in [0, 0.05) is 23.9 Å². The summed E-state index contributed by atoms with van der Waals surface area (Å²) < 4.78 is 0.721. The summed E-state index contributed by atoms with van der Waals surface area (Å²) in [6.45, 7) is 0.340. The van der Waals surface area contributed by atoms with Gasteiger partial charge in [-0.05, 0) is 28.4 Å². The molecule has 1 aromatic carbocycles. The molecule has 0 saturated carbocycles. The first-order valence-electron chi connectivity index (χ1n) is 5.86. The third-order valence-corrected chi connectivity index (χ3v) is 3.55. The van der Waals surface area contributed by atoms with Crippen LogP contribution in [0.15, 0.2) is 28.7 Å². The zero-order valence-electron chi connectivity index (χ0n) is 10.1. The predicted octanol–water partition coefficient (Wildman–Crippen LogP) is 2.53. The van der Waals surface area contributed by atoms with Crippen molar-refractivity contribution in [3.05, 3.63) is 34.4 Å². The molecular weight excluding hydrogens is 312 g/mol. The highest BCUT2D eigenvalue weighted by Gasteiger charge is 2.15. The fraction of sp³-hybridized carbons (Fsp3) is 0.231. The summed E-state index contributed by atoms with van der Waals surface area (Å²) in [6, 6.07) is 7.59. The number of rotatable bonds is 5. The molecule has 0 aliphatic carbocycles. The van der Waals surface area contributed by atoms with Gasteiger partial charge in [-0.2, -0.15) is 0 Å². The molecular formula is C13H13BrN2O3. The number of carbonyl (C=O) groups is 2. The van der Waals surface area contributed by atoms with Gasteiger partial charge >= 0.3 is 5.97 Å². The molecule has 6 heteroatoms. The van der Waals surface area contributed by atoms with Crippen molar-refractivity contribution in [3.63, 3.8) is 0 Å². The molecule has 0 unspecified atom stereocenters. The van der Waals surface area contributed by atoms with Crippen molar-refractivity contribution >= 4 is 38.7 Å². The number of H-pyrrole nitrogens is 1. The lowest BCUT2D eigenvalue weighted by Gasteiger charge is -2.02. The lowest BCUT2D eigenvalue weighted by atomic mass is 10.2. The van der Waals surface area contributed by atoms with Gasteiger partial charge in [-0.1, -0.05) is 18.2 Å². The maximum Gasteiger partial charge on any atom is 0.303 e. The van der Waals surface area contributed by atoms with Crippen LogP contribution < -0.4 is 5.32 Å². The Kier molecular flexibility index (Phi) is 4.21. The molecule has 0 saturated heterocycles. The largest absolute Gasteiger partial charge is 0.481 e. The monoisotopic (exact) mass is 324 g/mol. The van der Waals surface area contributed by atoms with Crippen LogP contribution >= 0.6 is 15.9 Å². The Hall–Kier alpha value is -1.82. The fourth-order valence-electron chi connectivity index (χ4n) is 1.79. The second-order valence-electron chi connectivity index (χ2n) is 4.11. The molecule has 0 fully saturated rings. The molecule has 2 aromatic rings. The zero-order valence-corrected chi connectivity index (χ0v) is 11.7. The van der Waals surface area contributed by atoms with Crippen molar-refractivity contribution < 1.29 is 14.7 Å². The number of aromatic amines is 1. The van der Waals surface area contributed by atoms with Crippen LogP contribution in [0.3, 0.4) is 0 Å². The average molecular weight is 325 g/mol. The predicted molar refractivity (Wildman–Crippen MR) is 75.2 cm³/mol. The highest BCUT2D eigenvalue weighted by Crippen LogP contribution is 2.27. The number of carbonyl (C=O) groups excluding carboxylic acids is 1. The highest BCUT2D eigenvalue weighted by atomic mass is 79.9. The first kappa shape index (κ1) is 13.6. The molecule has 2 rings (SSSR count). The maximum atomic E-state index is 12.0. The van der Waals surface area contributed by atoms with E-state index in [0.717, 1.165) is 15.4 Å². The molecule has 3 N–H and O–H groups in total. The number of hydrogen-bond acceptors (Lipinski definition) is 2. The minimum absolute atomic E-state index is 0.0498. The van der Waals surface area contributed by atoms with E-state index >= 15 is 0 Å². The van der Waals surface area contributed by atoms with Crippen LogP contribution in [-0.2, 0) is 4.79 Å². The minimum Gasteiger partial charge on any atom is -0.481 e. The van der Waals surface area contributed by atoms with Gasteiger partial charge in [0.05, 0.1) is 4.47 Å². The molecule has 0 radical (unpaired) electrons. The number of hydrogen-bond donors (Lipinski definition) is 3. The smallest absolute Gasteiger partial charge is 0.303 e. The molecule has 100 valence electrons.